The van der Waals surface area contributed by atoms with Gasteiger partial charge >= 0.3 is 34.7 Å². The molecule has 1 amide bonds. The highest BCUT2D eigenvalue weighted by Gasteiger charge is 2.51. The Labute approximate surface area is 223 Å². The fourth-order valence-corrected chi connectivity index (χ4v) is 4.41. The minimum absolute atomic E-state index is 0.113. The first-order valence-corrected chi connectivity index (χ1v) is 12.1. The van der Waals surface area contributed by atoms with Crippen LogP contribution < -0.4 is 11.0 Å². The summed E-state index contributed by atoms with van der Waals surface area (Å²) in [5.41, 5.74) is -0.938. The van der Waals surface area contributed by atoms with Crippen molar-refractivity contribution in [3.63, 3.8) is 0 Å². The zero-order valence-corrected chi connectivity index (χ0v) is 21.9. The summed E-state index contributed by atoms with van der Waals surface area (Å²) in [6, 6.07) is 3.98. The molecule has 1 saturated heterocycles. The Hall–Kier alpha value is -4.38. The van der Waals surface area contributed by atoms with Crippen LogP contribution in [0, 0.1) is 10.1 Å². The molecule has 2 aromatic heterocycles. The van der Waals surface area contributed by atoms with E-state index in [1.165, 1.54) is 31.3 Å². The molecule has 0 saturated carbocycles. The largest absolute Gasteiger partial charge is 0.463 e. The smallest absolute Gasteiger partial charge is 0.413 e. The minimum atomic E-state index is -1.32. The van der Waals surface area contributed by atoms with E-state index in [-0.39, 0.29) is 17.4 Å². The summed E-state index contributed by atoms with van der Waals surface area (Å²) in [4.78, 5) is 74.3. The number of hydrogen-bond acceptors (Lipinski definition) is 14. The van der Waals surface area contributed by atoms with Gasteiger partial charge in [-0.1, -0.05) is 11.3 Å². The number of aromatic nitrogens is 2. The van der Waals surface area contributed by atoms with Crippen LogP contribution >= 0.6 is 11.3 Å². The number of esters is 3. The number of anilines is 1. The van der Waals surface area contributed by atoms with Gasteiger partial charge in [-0.25, -0.2) is 9.59 Å². The predicted octanol–water partition coefficient (Wildman–Crippen LogP) is 1.85. The predicted molar refractivity (Wildman–Crippen MR) is 130 cm³/mol. The minimum Gasteiger partial charge on any atom is -0.463 e. The molecule has 1 aliphatic heterocycles. The van der Waals surface area contributed by atoms with E-state index in [0.717, 1.165) is 36.7 Å². The van der Waals surface area contributed by atoms with Crippen molar-refractivity contribution in [1.82, 2.24) is 9.55 Å². The Morgan fingerprint density at radius 1 is 1.13 bits per heavy atom. The third-order valence-electron chi connectivity index (χ3n) is 5.15. The maximum absolute atomic E-state index is 12.8. The molecule has 2 aromatic rings. The highest BCUT2D eigenvalue weighted by atomic mass is 32.1. The van der Waals surface area contributed by atoms with E-state index in [9.17, 15) is 34.1 Å². The summed E-state index contributed by atoms with van der Waals surface area (Å²) in [5.74, 6) is -2.32. The van der Waals surface area contributed by atoms with Crippen molar-refractivity contribution in [3.05, 3.63) is 49.9 Å². The van der Waals surface area contributed by atoms with Crippen molar-refractivity contribution in [2.75, 3.05) is 11.9 Å². The van der Waals surface area contributed by atoms with E-state index >= 15 is 0 Å². The number of carbonyl (C=O) groups is 4. The van der Waals surface area contributed by atoms with Crippen molar-refractivity contribution in [2.24, 2.45) is 0 Å². The van der Waals surface area contributed by atoms with Gasteiger partial charge in [0.05, 0.1) is 9.80 Å². The van der Waals surface area contributed by atoms with Gasteiger partial charge in [-0.05, 0) is 19.1 Å². The molecule has 39 heavy (non-hydrogen) atoms. The molecule has 5 atom stereocenters. The lowest BCUT2D eigenvalue weighted by Crippen LogP contribution is -2.41. The molecule has 1 fully saturated rings. The maximum atomic E-state index is 12.8. The Kier molecular flexibility index (Phi) is 9.31. The van der Waals surface area contributed by atoms with Crippen LogP contribution in [0.1, 0.15) is 44.9 Å². The van der Waals surface area contributed by atoms with Gasteiger partial charge in [-0.2, -0.15) is 4.98 Å². The number of hydrogen-bond donors (Lipinski definition) is 1. The lowest BCUT2D eigenvalue weighted by molar-refractivity contribution is -0.380. The zero-order valence-electron chi connectivity index (χ0n) is 21.1. The van der Waals surface area contributed by atoms with Crippen LogP contribution in [-0.4, -0.2) is 63.4 Å². The van der Waals surface area contributed by atoms with Gasteiger partial charge < -0.3 is 23.7 Å². The van der Waals surface area contributed by atoms with Gasteiger partial charge in [-0.3, -0.25) is 34.4 Å². The summed E-state index contributed by atoms with van der Waals surface area (Å²) in [6.45, 7) is 4.54. The summed E-state index contributed by atoms with van der Waals surface area (Å²) in [6.07, 6.45) is -5.54. The van der Waals surface area contributed by atoms with E-state index in [1.54, 1.807) is 0 Å². The lowest BCUT2D eigenvalue weighted by Gasteiger charge is -2.23. The Balaban J connectivity index is 1.77. The number of carbonyl (C=O) groups excluding carboxylic acids is 4. The summed E-state index contributed by atoms with van der Waals surface area (Å²) < 4.78 is 27.4. The second-order valence-electron chi connectivity index (χ2n) is 8.12. The molecule has 0 aliphatic carbocycles. The van der Waals surface area contributed by atoms with Gasteiger partial charge in [-0.15, -0.1) is 0 Å². The molecule has 210 valence electrons. The fraction of sp³-hybridized carbons (Fsp3) is 0.455. The van der Waals surface area contributed by atoms with Crippen LogP contribution in [0.4, 0.5) is 15.6 Å². The number of amides is 1. The van der Waals surface area contributed by atoms with Crippen LogP contribution in [-0.2, 0) is 38.1 Å². The maximum Gasteiger partial charge on any atom is 0.413 e. The molecule has 1 unspecified atom stereocenters. The molecule has 17 heteroatoms. The molecule has 1 aliphatic rings. The van der Waals surface area contributed by atoms with Crippen LogP contribution in [0.3, 0.4) is 0 Å². The molecule has 3 heterocycles. The van der Waals surface area contributed by atoms with Crippen molar-refractivity contribution in [1.29, 1.82) is 0 Å². The molecule has 0 radical (unpaired) electrons. The number of nitrogens with one attached hydrogen (secondary N) is 1. The highest BCUT2D eigenvalue weighted by Crippen LogP contribution is 2.34. The number of rotatable bonds is 9. The third kappa shape index (κ3) is 7.57. The van der Waals surface area contributed by atoms with Crippen LogP contribution in [0.5, 0.6) is 0 Å². The van der Waals surface area contributed by atoms with Gasteiger partial charge in [0.25, 0.3) is 0 Å². The van der Waals surface area contributed by atoms with Crippen molar-refractivity contribution < 1.29 is 47.8 Å². The first-order valence-electron chi connectivity index (χ1n) is 11.3. The van der Waals surface area contributed by atoms with Crippen LogP contribution in [0.25, 0.3) is 0 Å². The molecule has 16 nitrogen and oxygen atoms in total. The molecular formula is C22H24N4O12S. The Morgan fingerprint density at radius 2 is 1.79 bits per heavy atom. The quantitative estimate of drug-likeness (QED) is 0.199. The van der Waals surface area contributed by atoms with E-state index < -0.39 is 65.3 Å². The number of thiophene rings is 1. The molecule has 0 spiro atoms. The Bertz CT molecular complexity index is 1320. The molecule has 1 N–H and O–H groups in total. The lowest BCUT2D eigenvalue weighted by atomic mass is 10.1. The van der Waals surface area contributed by atoms with Crippen molar-refractivity contribution >= 4 is 46.2 Å². The number of nitrogens with zero attached hydrogens (tertiary/aromatic N) is 3. The summed E-state index contributed by atoms with van der Waals surface area (Å²) in [5, 5.41) is 13.0. The van der Waals surface area contributed by atoms with Gasteiger partial charge in [0.2, 0.25) is 0 Å². The number of nitro groups is 1. The standard InChI is InChI=1S/C22H24N4O12S/c1-10(15-5-6-17(39-15)26(32)33)35-22(31)24-16-7-8-25(21(30)23-16)20-19(37-13(4)29)18(36-12(3)28)14(38-20)9-34-11(2)27/h5-8,10,14,18-20H,9H2,1-4H3,(H,23,24,30,31)/t10?,14-,18-,19+,20-/m1/s1. The van der Waals surface area contributed by atoms with E-state index in [0.29, 0.717) is 4.88 Å². The van der Waals surface area contributed by atoms with Crippen LogP contribution in [0.2, 0.25) is 0 Å². The fourth-order valence-electron chi connectivity index (χ4n) is 3.60. The SMILES string of the molecule is CC(=O)OC[C@H]1O[C@@H](n2ccc(NC(=O)OC(C)c3ccc([N+](=O)[O-])s3)nc2=O)[C@@H](OC(C)=O)[C@@H]1OC(C)=O. The van der Waals surface area contributed by atoms with Crippen LogP contribution in [0.15, 0.2) is 29.2 Å². The topological polar surface area (TPSA) is 204 Å². The third-order valence-corrected chi connectivity index (χ3v) is 6.35. The second kappa shape index (κ2) is 12.4. The Morgan fingerprint density at radius 3 is 2.36 bits per heavy atom. The van der Waals surface area contributed by atoms with Gasteiger partial charge in [0, 0.05) is 33.0 Å². The zero-order chi connectivity index (χ0) is 28.9. The molecule has 0 aromatic carbocycles. The average molecular weight is 569 g/mol. The van der Waals surface area contributed by atoms with E-state index in [4.69, 9.17) is 23.7 Å². The molecular weight excluding hydrogens is 544 g/mol. The van der Waals surface area contributed by atoms with Gasteiger partial charge in [0.15, 0.2) is 18.4 Å². The monoisotopic (exact) mass is 568 g/mol. The first kappa shape index (κ1) is 29.2. The average Bonchev–Trinajstić information content (AvgIpc) is 3.44. The second-order valence-corrected chi connectivity index (χ2v) is 9.22. The highest BCUT2D eigenvalue weighted by molar-refractivity contribution is 7.15. The molecule has 0 bridgehead atoms. The van der Waals surface area contributed by atoms with Gasteiger partial charge in [0.1, 0.15) is 24.6 Å². The number of ether oxygens (including phenoxy) is 5. The first-order chi connectivity index (χ1) is 18.3. The molecule has 3 rings (SSSR count). The summed E-state index contributed by atoms with van der Waals surface area (Å²) in [7, 11) is 0. The van der Waals surface area contributed by atoms with Crippen molar-refractivity contribution in [3.8, 4) is 0 Å². The van der Waals surface area contributed by atoms with E-state index in [2.05, 4.69) is 10.3 Å². The van der Waals surface area contributed by atoms with E-state index in [1.807, 2.05) is 0 Å². The van der Waals surface area contributed by atoms with Crippen molar-refractivity contribution in [2.45, 2.75) is 58.3 Å². The normalized spacial score (nSPS) is 20.9. The summed E-state index contributed by atoms with van der Waals surface area (Å²) >= 11 is 0.847.